The molecule has 0 saturated heterocycles. The van der Waals surface area contributed by atoms with Crippen molar-refractivity contribution in [2.45, 2.75) is 6.43 Å². The molecule has 0 unspecified atom stereocenters. The van der Waals surface area contributed by atoms with Crippen LogP contribution in [0.2, 0.25) is 10.0 Å². The van der Waals surface area contributed by atoms with Crippen LogP contribution in [0.25, 0.3) is 0 Å². The summed E-state index contributed by atoms with van der Waals surface area (Å²) < 4.78 is 24.9. The molecule has 0 atom stereocenters. The van der Waals surface area contributed by atoms with E-state index >= 15 is 0 Å². The van der Waals surface area contributed by atoms with E-state index in [1.807, 2.05) is 0 Å². The second-order valence-corrected chi connectivity index (χ2v) is 4.86. The fourth-order valence-corrected chi connectivity index (χ4v) is 2.34. The van der Waals surface area contributed by atoms with Crippen LogP contribution >= 0.6 is 34.5 Å². The van der Waals surface area contributed by atoms with Gasteiger partial charge >= 0.3 is 6.03 Å². The van der Waals surface area contributed by atoms with Crippen molar-refractivity contribution in [2.75, 3.05) is 19.4 Å². The summed E-state index contributed by atoms with van der Waals surface area (Å²) in [5, 5.41) is 2.24. The van der Waals surface area contributed by atoms with Crippen LogP contribution in [0.1, 0.15) is 11.3 Å². The molecule has 0 aromatic carbocycles. The maximum atomic E-state index is 12.5. The summed E-state index contributed by atoms with van der Waals surface area (Å²) in [6.07, 6.45) is -2.71. The molecule has 0 bridgehead atoms. The number of carbonyl (C=O) groups excluding carboxylic acids is 1. The van der Waals surface area contributed by atoms with Gasteiger partial charge in [0.2, 0.25) is 0 Å². The van der Waals surface area contributed by atoms with E-state index in [1.54, 1.807) is 0 Å². The fraction of sp³-hybridized carbons (Fsp3) is 0.375. The van der Waals surface area contributed by atoms with Crippen LogP contribution in [0.5, 0.6) is 0 Å². The highest BCUT2D eigenvalue weighted by molar-refractivity contribution is 7.17. The summed E-state index contributed by atoms with van der Waals surface area (Å²) in [4.78, 5) is 12.2. The molecular weight excluding hydrogens is 281 g/mol. The van der Waals surface area contributed by atoms with Crippen molar-refractivity contribution >= 4 is 45.6 Å². The maximum Gasteiger partial charge on any atom is 0.321 e. The molecule has 3 nitrogen and oxygen atoms in total. The fourth-order valence-electron chi connectivity index (χ4n) is 0.837. The highest BCUT2D eigenvalue weighted by Crippen LogP contribution is 2.45. The van der Waals surface area contributed by atoms with E-state index in [0.29, 0.717) is 11.3 Å². The normalized spacial score (nSPS) is 10.7. The number of urea groups is 1. The predicted octanol–water partition coefficient (Wildman–Crippen LogP) is 4.09. The second-order valence-electron chi connectivity index (χ2n) is 3.05. The van der Waals surface area contributed by atoms with E-state index in [-0.39, 0.29) is 19.9 Å². The maximum absolute atomic E-state index is 12.5. The first kappa shape index (κ1) is 13.5. The van der Waals surface area contributed by atoms with Gasteiger partial charge in [-0.3, -0.25) is 5.32 Å². The van der Waals surface area contributed by atoms with Crippen molar-refractivity contribution in [1.82, 2.24) is 4.90 Å². The second kappa shape index (κ2) is 5.16. The average molecular weight is 289 g/mol. The molecular formula is C8H8Cl2F2N2OS. The molecule has 1 aromatic rings. The molecule has 2 amide bonds. The first-order chi connectivity index (χ1) is 7.34. The lowest BCUT2D eigenvalue weighted by atomic mass is 10.4. The smallest absolute Gasteiger partial charge is 0.321 e. The molecule has 90 valence electrons. The third kappa shape index (κ3) is 2.75. The van der Waals surface area contributed by atoms with Gasteiger partial charge in [0.1, 0.15) is 5.00 Å². The van der Waals surface area contributed by atoms with Gasteiger partial charge in [-0.1, -0.05) is 23.2 Å². The number of halogens is 4. The van der Waals surface area contributed by atoms with Crippen LogP contribution in [0.15, 0.2) is 0 Å². The lowest BCUT2D eigenvalue weighted by molar-refractivity contribution is 0.156. The van der Waals surface area contributed by atoms with E-state index in [2.05, 4.69) is 5.32 Å². The Hall–Kier alpha value is -0.590. The molecule has 0 fully saturated rings. The molecule has 0 saturated carbocycles. The molecule has 8 heteroatoms. The van der Waals surface area contributed by atoms with Crippen molar-refractivity contribution < 1.29 is 13.6 Å². The Bertz CT molecular complexity index is 409. The Balaban J connectivity index is 2.98. The summed E-state index contributed by atoms with van der Waals surface area (Å²) in [5.41, 5.74) is 0. The zero-order valence-corrected chi connectivity index (χ0v) is 10.7. The van der Waals surface area contributed by atoms with Gasteiger partial charge in [0.05, 0.1) is 14.9 Å². The summed E-state index contributed by atoms with van der Waals surface area (Å²) in [7, 11) is 3.04. The Morgan fingerprint density at radius 1 is 1.38 bits per heavy atom. The van der Waals surface area contributed by atoms with Crippen LogP contribution in [0, 0.1) is 0 Å². The highest BCUT2D eigenvalue weighted by atomic mass is 35.5. The van der Waals surface area contributed by atoms with Crippen molar-refractivity contribution in [3.63, 3.8) is 0 Å². The van der Waals surface area contributed by atoms with Crippen LogP contribution in [-0.4, -0.2) is 25.0 Å². The number of hydrogen-bond acceptors (Lipinski definition) is 2. The number of carbonyl (C=O) groups is 1. The van der Waals surface area contributed by atoms with E-state index in [0.717, 1.165) is 0 Å². The number of amides is 2. The number of anilines is 1. The number of nitrogens with one attached hydrogen (secondary N) is 1. The minimum Gasteiger partial charge on any atom is -0.331 e. The number of thiophene rings is 1. The van der Waals surface area contributed by atoms with Gasteiger partial charge in [-0.25, -0.2) is 13.6 Å². The number of rotatable bonds is 2. The van der Waals surface area contributed by atoms with Crippen molar-refractivity contribution in [2.24, 2.45) is 0 Å². The quantitative estimate of drug-likeness (QED) is 0.874. The lowest BCUT2D eigenvalue weighted by Crippen LogP contribution is -2.26. The lowest BCUT2D eigenvalue weighted by Gasteiger charge is -2.10. The first-order valence-corrected chi connectivity index (χ1v) is 5.66. The minimum absolute atomic E-state index is 0.0582. The van der Waals surface area contributed by atoms with E-state index < -0.39 is 12.5 Å². The van der Waals surface area contributed by atoms with Gasteiger partial charge in [-0.15, -0.1) is 11.3 Å². The van der Waals surface area contributed by atoms with E-state index in [9.17, 15) is 13.6 Å². The number of alkyl halides is 2. The molecule has 1 heterocycles. The topological polar surface area (TPSA) is 32.3 Å². The minimum atomic E-state index is -2.71. The molecule has 0 radical (unpaired) electrons. The summed E-state index contributed by atoms with van der Waals surface area (Å²) in [6, 6.07) is -0.458. The van der Waals surface area contributed by atoms with Crippen LogP contribution in [-0.2, 0) is 0 Å². The van der Waals surface area contributed by atoms with Crippen LogP contribution < -0.4 is 5.32 Å². The van der Waals surface area contributed by atoms with E-state index in [4.69, 9.17) is 23.2 Å². The van der Waals surface area contributed by atoms with Crippen LogP contribution in [0.3, 0.4) is 0 Å². The van der Waals surface area contributed by atoms with Crippen LogP contribution in [0.4, 0.5) is 18.6 Å². The summed E-state index contributed by atoms with van der Waals surface area (Å²) >= 11 is 12.0. The standard InChI is InChI=1S/C8H8Cl2F2N2OS/c1-14(2)8(15)13-7-4(10)3(9)5(16-7)6(11)12/h6H,1-2H3,(H,13,15). The van der Waals surface area contributed by atoms with Gasteiger partial charge < -0.3 is 4.90 Å². The molecule has 0 aliphatic rings. The molecule has 16 heavy (non-hydrogen) atoms. The predicted molar refractivity (Wildman–Crippen MR) is 62.0 cm³/mol. The average Bonchev–Trinajstić information content (AvgIpc) is 2.46. The van der Waals surface area contributed by atoms with Gasteiger partial charge in [0, 0.05) is 14.1 Å². The van der Waals surface area contributed by atoms with Crippen molar-refractivity contribution in [3.05, 3.63) is 14.9 Å². The number of hydrogen-bond donors (Lipinski definition) is 1. The SMILES string of the molecule is CN(C)C(=O)Nc1sc(C(F)F)c(Cl)c1Cl. The van der Waals surface area contributed by atoms with Gasteiger partial charge in [-0.05, 0) is 0 Å². The highest BCUT2D eigenvalue weighted by Gasteiger charge is 2.22. The Kier molecular flexibility index (Phi) is 4.35. The Morgan fingerprint density at radius 2 is 1.94 bits per heavy atom. The first-order valence-electron chi connectivity index (χ1n) is 4.08. The zero-order chi connectivity index (χ0) is 12.5. The summed E-state index contributed by atoms with van der Waals surface area (Å²) in [6.45, 7) is 0. The number of nitrogens with zero attached hydrogens (tertiary/aromatic N) is 1. The third-order valence-electron chi connectivity index (χ3n) is 1.65. The van der Waals surface area contributed by atoms with E-state index in [1.165, 1.54) is 19.0 Å². The Labute approximate surface area is 105 Å². The van der Waals surface area contributed by atoms with Crippen molar-refractivity contribution in [1.29, 1.82) is 0 Å². The molecule has 0 aliphatic carbocycles. The van der Waals surface area contributed by atoms with Gasteiger partial charge in [0.25, 0.3) is 6.43 Å². The molecule has 1 aromatic heterocycles. The van der Waals surface area contributed by atoms with Gasteiger partial charge in [-0.2, -0.15) is 0 Å². The summed E-state index contributed by atoms with van der Waals surface area (Å²) in [5.74, 6) is 0. The zero-order valence-electron chi connectivity index (χ0n) is 8.35. The molecule has 0 spiro atoms. The molecule has 1 rings (SSSR count). The molecule has 0 aliphatic heterocycles. The Morgan fingerprint density at radius 3 is 2.31 bits per heavy atom. The molecule has 1 N–H and O–H groups in total. The van der Waals surface area contributed by atoms with Crippen molar-refractivity contribution in [3.8, 4) is 0 Å². The largest absolute Gasteiger partial charge is 0.331 e. The monoisotopic (exact) mass is 288 g/mol. The third-order valence-corrected chi connectivity index (χ3v) is 3.85. The van der Waals surface area contributed by atoms with Gasteiger partial charge in [0.15, 0.2) is 0 Å².